The van der Waals surface area contributed by atoms with Crippen molar-refractivity contribution < 1.29 is 4.42 Å². The van der Waals surface area contributed by atoms with E-state index in [-0.39, 0.29) is 6.17 Å². The van der Waals surface area contributed by atoms with Crippen LogP contribution in [0.3, 0.4) is 0 Å². The van der Waals surface area contributed by atoms with E-state index >= 15 is 0 Å². The second kappa shape index (κ2) is 13.1. The highest BCUT2D eigenvalue weighted by molar-refractivity contribution is 6.17. The maximum atomic E-state index is 6.51. The Labute approximate surface area is 323 Å². The van der Waals surface area contributed by atoms with Crippen LogP contribution in [0.1, 0.15) is 22.9 Å². The molecule has 8 aromatic carbocycles. The summed E-state index contributed by atoms with van der Waals surface area (Å²) in [6, 6.07) is 68.0. The van der Waals surface area contributed by atoms with E-state index in [1.54, 1.807) is 0 Å². The van der Waals surface area contributed by atoms with Crippen molar-refractivity contribution in [1.82, 2.24) is 9.88 Å². The first-order valence-corrected chi connectivity index (χ1v) is 18.9. The van der Waals surface area contributed by atoms with Crippen LogP contribution in [0, 0.1) is 0 Å². The van der Waals surface area contributed by atoms with Crippen LogP contribution in [-0.2, 0) is 0 Å². The Morgan fingerprint density at radius 1 is 0.464 bits per heavy atom. The molecule has 5 nitrogen and oxygen atoms in total. The Kier molecular flexibility index (Phi) is 7.49. The lowest BCUT2D eigenvalue weighted by molar-refractivity contribution is 0.667. The van der Waals surface area contributed by atoms with Crippen LogP contribution in [-0.4, -0.2) is 16.2 Å². The Bertz CT molecular complexity index is 3160. The molecule has 0 saturated heterocycles. The third kappa shape index (κ3) is 5.32. The molecular formula is C51H34N4O. The molecule has 2 aromatic heterocycles. The molecule has 56 heavy (non-hydrogen) atoms. The molecule has 3 heterocycles. The van der Waals surface area contributed by atoms with Gasteiger partial charge in [-0.3, -0.25) is 0 Å². The van der Waals surface area contributed by atoms with Crippen LogP contribution in [0.4, 0.5) is 0 Å². The van der Waals surface area contributed by atoms with Gasteiger partial charge in [0.05, 0.1) is 11.0 Å². The zero-order chi connectivity index (χ0) is 37.0. The van der Waals surface area contributed by atoms with Crippen LogP contribution >= 0.6 is 0 Å². The Morgan fingerprint density at radius 3 is 1.88 bits per heavy atom. The molecule has 10 aromatic rings. The Balaban J connectivity index is 1.04. The number of aliphatic imine (C=N–C) groups is 2. The van der Waals surface area contributed by atoms with Crippen LogP contribution in [0.25, 0.3) is 71.7 Å². The first-order chi connectivity index (χ1) is 27.8. The highest BCUT2D eigenvalue weighted by Crippen LogP contribution is 2.40. The van der Waals surface area contributed by atoms with Gasteiger partial charge in [-0.25, -0.2) is 9.98 Å². The molecule has 1 atom stereocenters. The molecule has 1 unspecified atom stereocenters. The summed E-state index contributed by atoms with van der Waals surface area (Å²) in [5.74, 6) is 1.42. The normalized spacial score (nSPS) is 14.2. The minimum absolute atomic E-state index is 0.387. The summed E-state index contributed by atoms with van der Waals surface area (Å²) in [6.45, 7) is 0. The molecule has 0 amide bonds. The van der Waals surface area contributed by atoms with Gasteiger partial charge < -0.3 is 14.3 Å². The minimum atomic E-state index is -0.387. The first-order valence-electron chi connectivity index (χ1n) is 18.9. The van der Waals surface area contributed by atoms with Gasteiger partial charge in [-0.2, -0.15) is 0 Å². The van der Waals surface area contributed by atoms with Crippen LogP contribution in [0.5, 0.6) is 0 Å². The third-order valence-corrected chi connectivity index (χ3v) is 10.9. The van der Waals surface area contributed by atoms with E-state index < -0.39 is 0 Å². The molecule has 0 saturated carbocycles. The lowest BCUT2D eigenvalue weighted by Crippen LogP contribution is -2.33. The number of nitrogens with one attached hydrogen (secondary N) is 1. The van der Waals surface area contributed by atoms with Crippen molar-refractivity contribution in [2.24, 2.45) is 9.98 Å². The van der Waals surface area contributed by atoms with Gasteiger partial charge in [0.1, 0.15) is 23.2 Å². The van der Waals surface area contributed by atoms with E-state index in [0.717, 1.165) is 72.3 Å². The van der Waals surface area contributed by atoms with Crippen molar-refractivity contribution >= 4 is 55.4 Å². The zero-order valence-corrected chi connectivity index (χ0v) is 30.3. The van der Waals surface area contributed by atoms with Gasteiger partial charge in [0.15, 0.2) is 5.84 Å². The molecule has 1 aliphatic rings. The molecule has 1 N–H and O–H groups in total. The van der Waals surface area contributed by atoms with E-state index in [1.165, 1.54) is 21.9 Å². The molecule has 11 rings (SSSR count). The number of fused-ring (bicyclic) bond motifs is 6. The van der Waals surface area contributed by atoms with Gasteiger partial charge in [0.2, 0.25) is 0 Å². The number of nitrogens with zero attached hydrogens (tertiary/aromatic N) is 3. The van der Waals surface area contributed by atoms with E-state index in [2.05, 4.69) is 174 Å². The molecule has 0 aliphatic carbocycles. The second-order valence-electron chi connectivity index (χ2n) is 14.2. The summed E-state index contributed by atoms with van der Waals surface area (Å²) in [4.78, 5) is 10.4. The zero-order valence-electron chi connectivity index (χ0n) is 30.3. The average molecular weight is 719 g/mol. The van der Waals surface area contributed by atoms with Crippen molar-refractivity contribution in [1.29, 1.82) is 0 Å². The van der Waals surface area contributed by atoms with Crippen molar-refractivity contribution in [3.63, 3.8) is 0 Å². The van der Waals surface area contributed by atoms with E-state index in [9.17, 15) is 0 Å². The fourth-order valence-corrected chi connectivity index (χ4v) is 8.30. The number of aromatic nitrogens is 1. The lowest BCUT2D eigenvalue weighted by Gasteiger charge is -2.24. The van der Waals surface area contributed by atoms with E-state index in [0.29, 0.717) is 5.84 Å². The molecule has 0 radical (unpaired) electrons. The number of rotatable bonds is 6. The molecule has 5 heteroatoms. The molecular weight excluding hydrogens is 685 g/mol. The predicted octanol–water partition coefficient (Wildman–Crippen LogP) is 12.5. The topological polar surface area (TPSA) is 54.8 Å². The SMILES string of the molecule is c1ccc(C2=NC(c3ccc4c(c3)oc3cccc(-c5ccccc5)c34)=NC(c3cccc(-n4c5ccccc5c5c(-c6ccccc6)cccc54)c3)N2)cc1. The number of para-hydroxylation sites is 1. The van der Waals surface area contributed by atoms with Gasteiger partial charge in [0.25, 0.3) is 0 Å². The highest BCUT2D eigenvalue weighted by Gasteiger charge is 2.23. The lowest BCUT2D eigenvalue weighted by atomic mass is 9.99. The molecule has 1 aliphatic heterocycles. The second-order valence-corrected chi connectivity index (χ2v) is 14.2. The minimum Gasteiger partial charge on any atom is -0.456 e. The van der Waals surface area contributed by atoms with Gasteiger partial charge in [-0.15, -0.1) is 0 Å². The van der Waals surface area contributed by atoms with Gasteiger partial charge in [-0.05, 0) is 70.3 Å². The summed E-state index contributed by atoms with van der Waals surface area (Å²) in [5.41, 5.74) is 12.7. The Hall–Kier alpha value is -7.50. The van der Waals surface area contributed by atoms with Gasteiger partial charge in [0, 0.05) is 38.4 Å². The monoisotopic (exact) mass is 718 g/mol. The number of furan rings is 1. The van der Waals surface area contributed by atoms with Crippen LogP contribution < -0.4 is 5.32 Å². The summed E-state index contributed by atoms with van der Waals surface area (Å²) in [5, 5.41) is 8.31. The van der Waals surface area contributed by atoms with Crippen molar-refractivity contribution in [3.05, 3.63) is 211 Å². The smallest absolute Gasteiger partial charge is 0.159 e. The number of hydrogen-bond acceptors (Lipinski definition) is 4. The fraction of sp³-hybridized carbons (Fsp3) is 0.0196. The summed E-state index contributed by atoms with van der Waals surface area (Å²) < 4.78 is 8.89. The summed E-state index contributed by atoms with van der Waals surface area (Å²) >= 11 is 0. The summed E-state index contributed by atoms with van der Waals surface area (Å²) in [6.07, 6.45) is -0.387. The maximum absolute atomic E-state index is 6.51. The molecule has 264 valence electrons. The number of amidine groups is 2. The molecule has 0 spiro atoms. The fourth-order valence-electron chi connectivity index (χ4n) is 8.30. The average Bonchev–Trinajstić information content (AvgIpc) is 3.83. The molecule has 0 bridgehead atoms. The van der Waals surface area contributed by atoms with E-state index in [4.69, 9.17) is 14.4 Å². The highest BCUT2D eigenvalue weighted by atomic mass is 16.3. The van der Waals surface area contributed by atoms with Crippen molar-refractivity contribution in [2.45, 2.75) is 6.17 Å². The maximum Gasteiger partial charge on any atom is 0.159 e. The Morgan fingerprint density at radius 2 is 1.11 bits per heavy atom. The first kappa shape index (κ1) is 32.0. The van der Waals surface area contributed by atoms with Crippen LogP contribution in [0.15, 0.2) is 209 Å². The van der Waals surface area contributed by atoms with Gasteiger partial charge >= 0.3 is 0 Å². The van der Waals surface area contributed by atoms with Crippen molar-refractivity contribution in [2.75, 3.05) is 0 Å². The third-order valence-electron chi connectivity index (χ3n) is 10.9. The van der Waals surface area contributed by atoms with Crippen LogP contribution in [0.2, 0.25) is 0 Å². The standard InChI is InChI=1S/C51H34N4O/c1-4-15-33(16-5-1)39-24-13-27-44-47(39)41-23-10-11-26-43(41)55(44)38-22-12-21-36(31-38)50-52-49(35-19-8-3-9-20-35)53-51(54-50)37-29-30-42-46(32-37)56-45-28-14-25-40(48(42)45)34-17-6-2-7-18-34/h1-32,50H,(H,52,53,54). The quantitative estimate of drug-likeness (QED) is 0.186. The largest absolute Gasteiger partial charge is 0.456 e. The van der Waals surface area contributed by atoms with Gasteiger partial charge in [-0.1, -0.05) is 152 Å². The number of hydrogen-bond donors (Lipinski definition) is 1. The van der Waals surface area contributed by atoms with Crippen molar-refractivity contribution in [3.8, 4) is 27.9 Å². The predicted molar refractivity (Wildman–Crippen MR) is 231 cm³/mol. The molecule has 0 fully saturated rings. The summed E-state index contributed by atoms with van der Waals surface area (Å²) in [7, 11) is 0. The number of benzene rings is 8. The van der Waals surface area contributed by atoms with E-state index in [1.807, 2.05) is 30.3 Å².